The van der Waals surface area contributed by atoms with Gasteiger partial charge in [0.15, 0.2) is 0 Å². The summed E-state index contributed by atoms with van der Waals surface area (Å²) in [6.45, 7) is 1.98. The van der Waals surface area contributed by atoms with Crippen LogP contribution in [0.25, 0.3) is 0 Å². The molecule has 2 nitrogen and oxygen atoms in total. The van der Waals surface area contributed by atoms with Gasteiger partial charge >= 0.3 is 0 Å². The molecular weight excluding hydrogens is 134 g/mol. The summed E-state index contributed by atoms with van der Waals surface area (Å²) >= 11 is 3.53. The Kier molecular flexibility index (Phi) is 13.8. The number of thiol groups is 1. The average molecular weight is 149 g/mol. The zero-order chi connectivity index (χ0) is 7.70. The largest absolute Gasteiger partial charge is 0.359 e. The van der Waals surface area contributed by atoms with Crippen molar-refractivity contribution in [3.63, 3.8) is 0 Å². The molecule has 0 saturated heterocycles. The lowest BCUT2D eigenvalue weighted by Gasteiger charge is -1.91. The molecule has 1 N–H and O–H groups in total. The SMILES string of the molecule is CCCC(=O)NC.CS. The Morgan fingerprint density at radius 2 is 2.00 bits per heavy atom. The van der Waals surface area contributed by atoms with Crippen LogP contribution < -0.4 is 5.32 Å². The standard InChI is InChI=1S/C5H11NO.CH4S/c1-3-4-5(7)6-2;1-2/h3-4H2,1-2H3,(H,6,7);2H,1H3. The van der Waals surface area contributed by atoms with E-state index in [9.17, 15) is 4.79 Å². The number of hydrogen-bond acceptors (Lipinski definition) is 2. The van der Waals surface area contributed by atoms with Crippen molar-refractivity contribution in [2.75, 3.05) is 13.3 Å². The minimum absolute atomic E-state index is 0.127. The van der Waals surface area contributed by atoms with E-state index < -0.39 is 0 Å². The first kappa shape index (κ1) is 11.6. The molecule has 0 aliphatic rings. The molecule has 0 spiro atoms. The smallest absolute Gasteiger partial charge is 0.219 e. The summed E-state index contributed by atoms with van der Waals surface area (Å²) in [5, 5.41) is 2.53. The fraction of sp³-hybridized carbons (Fsp3) is 0.833. The van der Waals surface area contributed by atoms with Gasteiger partial charge in [-0.2, -0.15) is 12.6 Å². The number of rotatable bonds is 2. The highest BCUT2D eigenvalue weighted by Gasteiger charge is 1.89. The van der Waals surface area contributed by atoms with Gasteiger partial charge in [-0.1, -0.05) is 6.92 Å². The van der Waals surface area contributed by atoms with E-state index in [1.54, 1.807) is 13.3 Å². The van der Waals surface area contributed by atoms with Crippen molar-refractivity contribution in [1.82, 2.24) is 5.32 Å². The monoisotopic (exact) mass is 149 g/mol. The van der Waals surface area contributed by atoms with Crippen LogP contribution in [-0.2, 0) is 4.79 Å². The van der Waals surface area contributed by atoms with Gasteiger partial charge in [-0.25, -0.2) is 0 Å². The minimum Gasteiger partial charge on any atom is -0.359 e. The van der Waals surface area contributed by atoms with Crippen molar-refractivity contribution in [3.8, 4) is 0 Å². The molecule has 0 unspecified atom stereocenters. The maximum atomic E-state index is 10.3. The van der Waals surface area contributed by atoms with Crippen molar-refractivity contribution >= 4 is 18.5 Å². The van der Waals surface area contributed by atoms with E-state index in [0.717, 1.165) is 6.42 Å². The van der Waals surface area contributed by atoms with Crippen LogP contribution in [0.5, 0.6) is 0 Å². The Hall–Kier alpha value is -0.180. The highest BCUT2D eigenvalue weighted by molar-refractivity contribution is 7.79. The van der Waals surface area contributed by atoms with E-state index in [-0.39, 0.29) is 5.91 Å². The second-order valence-electron chi connectivity index (χ2n) is 1.42. The van der Waals surface area contributed by atoms with Crippen LogP contribution in [0.4, 0.5) is 0 Å². The summed E-state index contributed by atoms with van der Waals surface area (Å²) in [6.07, 6.45) is 3.27. The molecule has 0 aromatic carbocycles. The Labute approximate surface area is 62.4 Å². The number of carbonyl (C=O) groups is 1. The molecule has 56 valence electrons. The first-order chi connectivity index (χ1) is 4.31. The van der Waals surface area contributed by atoms with Crippen LogP contribution in [0.1, 0.15) is 19.8 Å². The molecule has 1 amide bonds. The van der Waals surface area contributed by atoms with Crippen LogP contribution in [0.15, 0.2) is 0 Å². The van der Waals surface area contributed by atoms with Gasteiger partial charge in [-0.3, -0.25) is 4.79 Å². The topological polar surface area (TPSA) is 29.1 Å². The third kappa shape index (κ3) is 11.4. The molecule has 0 heterocycles. The third-order valence-electron chi connectivity index (χ3n) is 0.756. The number of hydrogen-bond donors (Lipinski definition) is 2. The second kappa shape index (κ2) is 10.7. The zero-order valence-corrected chi connectivity index (χ0v) is 7.16. The third-order valence-corrected chi connectivity index (χ3v) is 0.756. The highest BCUT2D eigenvalue weighted by Crippen LogP contribution is 1.82. The van der Waals surface area contributed by atoms with E-state index in [1.165, 1.54) is 0 Å². The lowest BCUT2D eigenvalue weighted by molar-refractivity contribution is -0.120. The van der Waals surface area contributed by atoms with E-state index in [1.807, 2.05) is 6.92 Å². The van der Waals surface area contributed by atoms with Crippen molar-refractivity contribution in [2.24, 2.45) is 0 Å². The van der Waals surface area contributed by atoms with Gasteiger partial charge in [0, 0.05) is 13.5 Å². The summed E-state index contributed by atoms with van der Waals surface area (Å²) < 4.78 is 0. The van der Waals surface area contributed by atoms with Gasteiger partial charge in [-0.05, 0) is 12.7 Å². The molecule has 9 heavy (non-hydrogen) atoms. The van der Waals surface area contributed by atoms with Gasteiger partial charge in [0.05, 0.1) is 0 Å². The van der Waals surface area contributed by atoms with Crippen LogP contribution in [0, 0.1) is 0 Å². The normalized spacial score (nSPS) is 7.11. The predicted octanol–water partition coefficient (Wildman–Crippen LogP) is 1.08. The molecule has 0 aliphatic carbocycles. The van der Waals surface area contributed by atoms with Gasteiger partial charge in [0.25, 0.3) is 0 Å². The van der Waals surface area contributed by atoms with Crippen molar-refractivity contribution in [2.45, 2.75) is 19.8 Å². The fourth-order valence-corrected chi connectivity index (χ4v) is 0.352. The van der Waals surface area contributed by atoms with E-state index in [0.29, 0.717) is 6.42 Å². The average Bonchev–Trinajstić information content (AvgIpc) is 1.93. The summed E-state index contributed by atoms with van der Waals surface area (Å²) in [5.74, 6) is 0.127. The van der Waals surface area contributed by atoms with Gasteiger partial charge in [0.2, 0.25) is 5.91 Å². The molecule has 0 aromatic rings. The van der Waals surface area contributed by atoms with E-state index in [2.05, 4.69) is 17.9 Å². The Morgan fingerprint density at radius 1 is 1.56 bits per heavy atom. The quantitative estimate of drug-likeness (QED) is 0.565. The lowest BCUT2D eigenvalue weighted by Crippen LogP contribution is -2.16. The molecule has 0 saturated carbocycles. The molecular formula is C6H15NOS. The molecule has 0 aromatic heterocycles. The Morgan fingerprint density at radius 3 is 2.11 bits per heavy atom. The van der Waals surface area contributed by atoms with Gasteiger partial charge in [0.1, 0.15) is 0 Å². The molecule has 0 aliphatic heterocycles. The predicted molar refractivity (Wildman–Crippen MR) is 43.9 cm³/mol. The number of amides is 1. The molecule has 3 heteroatoms. The first-order valence-electron chi connectivity index (χ1n) is 2.96. The van der Waals surface area contributed by atoms with Crippen molar-refractivity contribution in [1.29, 1.82) is 0 Å². The van der Waals surface area contributed by atoms with E-state index >= 15 is 0 Å². The molecule has 0 fully saturated rings. The van der Waals surface area contributed by atoms with Crippen LogP contribution in [0.2, 0.25) is 0 Å². The summed E-state index contributed by atoms with van der Waals surface area (Å²) in [7, 11) is 1.65. The maximum absolute atomic E-state index is 10.3. The van der Waals surface area contributed by atoms with Crippen LogP contribution in [-0.4, -0.2) is 19.2 Å². The maximum Gasteiger partial charge on any atom is 0.219 e. The van der Waals surface area contributed by atoms with Crippen molar-refractivity contribution in [3.05, 3.63) is 0 Å². The lowest BCUT2D eigenvalue weighted by atomic mass is 10.3. The van der Waals surface area contributed by atoms with Crippen molar-refractivity contribution < 1.29 is 4.79 Å². The molecule has 0 atom stereocenters. The summed E-state index contributed by atoms with van der Waals surface area (Å²) in [5.41, 5.74) is 0. The number of carbonyl (C=O) groups excluding carboxylic acids is 1. The first-order valence-corrected chi connectivity index (χ1v) is 3.86. The van der Waals surface area contributed by atoms with E-state index in [4.69, 9.17) is 0 Å². The molecule has 0 bridgehead atoms. The summed E-state index contributed by atoms with van der Waals surface area (Å²) in [4.78, 5) is 10.3. The molecule has 0 rings (SSSR count). The summed E-state index contributed by atoms with van der Waals surface area (Å²) in [6, 6.07) is 0. The zero-order valence-electron chi connectivity index (χ0n) is 6.27. The number of nitrogens with one attached hydrogen (secondary N) is 1. The van der Waals surface area contributed by atoms with Crippen LogP contribution >= 0.6 is 12.6 Å². The Balaban J connectivity index is 0. The van der Waals surface area contributed by atoms with Gasteiger partial charge < -0.3 is 5.32 Å². The Bertz CT molecular complexity index is 66.1. The minimum atomic E-state index is 0.127. The molecule has 0 radical (unpaired) electrons. The van der Waals surface area contributed by atoms with Crippen LogP contribution in [0.3, 0.4) is 0 Å². The van der Waals surface area contributed by atoms with Gasteiger partial charge in [-0.15, -0.1) is 0 Å². The highest BCUT2D eigenvalue weighted by atomic mass is 32.1. The fourth-order valence-electron chi connectivity index (χ4n) is 0.352. The second-order valence-corrected chi connectivity index (χ2v) is 1.42.